The van der Waals surface area contributed by atoms with Crippen molar-refractivity contribution < 1.29 is 19.0 Å². The van der Waals surface area contributed by atoms with Gasteiger partial charge in [-0.25, -0.2) is 0 Å². The predicted octanol–water partition coefficient (Wildman–Crippen LogP) is 2.63. The summed E-state index contributed by atoms with van der Waals surface area (Å²) in [5.41, 5.74) is 3.97. The summed E-state index contributed by atoms with van der Waals surface area (Å²) in [7, 11) is 7.76. The lowest BCUT2D eigenvalue weighted by atomic mass is 9.69. The van der Waals surface area contributed by atoms with E-state index in [2.05, 4.69) is 26.8 Å². The van der Waals surface area contributed by atoms with Gasteiger partial charge in [0.2, 0.25) is 5.91 Å². The molecular formula is C28H49N5O4. The zero-order valence-corrected chi connectivity index (χ0v) is 23.6. The molecule has 0 aromatic carbocycles. The first-order valence-electron chi connectivity index (χ1n) is 14.2. The molecular weight excluding hydrogens is 470 g/mol. The highest BCUT2D eigenvalue weighted by Gasteiger charge is 2.39. The van der Waals surface area contributed by atoms with Gasteiger partial charge in [-0.05, 0) is 64.5 Å². The number of aromatic nitrogens is 2. The number of carbonyl (C=O) groups excluding carboxylic acids is 1. The van der Waals surface area contributed by atoms with Crippen LogP contribution in [0.4, 0.5) is 0 Å². The van der Waals surface area contributed by atoms with Gasteiger partial charge in [0.05, 0.1) is 37.7 Å². The van der Waals surface area contributed by atoms with Gasteiger partial charge in [-0.3, -0.25) is 14.4 Å². The molecule has 1 N–H and O–H groups in total. The average molecular weight is 520 g/mol. The quantitative estimate of drug-likeness (QED) is 0.455. The molecule has 3 heterocycles. The molecule has 0 spiro atoms. The number of carbonyl (C=O) groups is 1. The Balaban J connectivity index is 1.53. The van der Waals surface area contributed by atoms with Gasteiger partial charge in [-0.1, -0.05) is 0 Å². The second kappa shape index (κ2) is 13.5. The zero-order chi connectivity index (χ0) is 26.3. The van der Waals surface area contributed by atoms with E-state index in [4.69, 9.17) is 19.3 Å². The zero-order valence-electron chi connectivity index (χ0n) is 23.6. The van der Waals surface area contributed by atoms with Gasteiger partial charge >= 0.3 is 0 Å². The van der Waals surface area contributed by atoms with Crippen LogP contribution in [-0.4, -0.2) is 99.9 Å². The van der Waals surface area contributed by atoms with E-state index in [-0.39, 0.29) is 5.41 Å². The van der Waals surface area contributed by atoms with Crippen LogP contribution in [0.5, 0.6) is 0 Å². The smallest absolute Gasteiger partial charge is 0.223 e. The van der Waals surface area contributed by atoms with Crippen molar-refractivity contribution in [2.75, 3.05) is 74.4 Å². The van der Waals surface area contributed by atoms with Gasteiger partial charge in [-0.15, -0.1) is 0 Å². The summed E-state index contributed by atoms with van der Waals surface area (Å²) in [5, 5.41) is 8.40. The number of likely N-dealkylation sites (N-methyl/N-ethyl adjacent to an activating group) is 2. The fraction of sp³-hybridized carbons (Fsp3) is 0.857. The fourth-order valence-corrected chi connectivity index (χ4v) is 6.62. The molecule has 9 heteroatoms. The Hall–Kier alpha value is -1.52. The number of nitrogens with zero attached hydrogens (tertiary/aromatic N) is 4. The average Bonchev–Trinajstić information content (AvgIpc) is 3.25. The lowest BCUT2D eigenvalue weighted by Crippen LogP contribution is -2.40. The molecule has 2 aliphatic heterocycles. The number of hydrogen-bond acceptors (Lipinski definition) is 7. The molecule has 1 saturated heterocycles. The van der Waals surface area contributed by atoms with E-state index in [0.29, 0.717) is 30.7 Å². The van der Waals surface area contributed by atoms with Crippen molar-refractivity contribution in [1.29, 1.82) is 0 Å². The highest BCUT2D eigenvalue weighted by molar-refractivity contribution is 5.76. The van der Waals surface area contributed by atoms with E-state index in [1.54, 1.807) is 14.2 Å². The maximum absolute atomic E-state index is 13.3. The van der Waals surface area contributed by atoms with Crippen molar-refractivity contribution in [1.82, 2.24) is 24.9 Å². The van der Waals surface area contributed by atoms with Crippen LogP contribution in [0.3, 0.4) is 0 Å². The molecule has 9 nitrogen and oxygen atoms in total. The molecule has 1 aromatic heterocycles. The minimum Gasteiger partial charge on any atom is -0.384 e. The summed E-state index contributed by atoms with van der Waals surface area (Å²) in [4.78, 5) is 17.8. The van der Waals surface area contributed by atoms with Crippen LogP contribution in [0.15, 0.2) is 0 Å². The van der Waals surface area contributed by atoms with Crippen molar-refractivity contribution in [3.05, 3.63) is 17.0 Å². The van der Waals surface area contributed by atoms with Gasteiger partial charge in [0, 0.05) is 71.0 Å². The largest absolute Gasteiger partial charge is 0.384 e. The van der Waals surface area contributed by atoms with Gasteiger partial charge in [0.25, 0.3) is 0 Å². The Morgan fingerprint density at radius 2 is 1.84 bits per heavy atom. The molecule has 3 aliphatic rings. The number of nitrogens with one attached hydrogen (secondary N) is 1. The Labute approximate surface area is 223 Å². The first kappa shape index (κ1) is 28.5. The maximum atomic E-state index is 13.3. The Morgan fingerprint density at radius 1 is 1.14 bits per heavy atom. The van der Waals surface area contributed by atoms with E-state index in [0.717, 1.165) is 97.7 Å². The molecule has 37 heavy (non-hydrogen) atoms. The number of hydrogen-bond donors (Lipinski definition) is 1. The number of methoxy groups -OCH3 is 2. The molecule has 1 aromatic rings. The van der Waals surface area contributed by atoms with E-state index in [1.165, 1.54) is 17.0 Å². The lowest BCUT2D eigenvalue weighted by molar-refractivity contribution is -0.134. The monoisotopic (exact) mass is 519 g/mol. The van der Waals surface area contributed by atoms with Gasteiger partial charge < -0.3 is 24.4 Å². The summed E-state index contributed by atoms with van der Waals surface area (Å²) < 4.78 is 18.9. The fourth-order valence-electron chi connectivity index (χ4n) is 6.62. The molecule has 0 bridgehead atoms. The Kier molecular flexibility index (Phi) is 10.4. The molecule has 2 fully saturated rings. The van der Waals surface area contributed by atoms with Crippen molar-refractivity contribution in [2.45, 2.75) is 70.5 Å². The van der Waals surface area contributed by atoms with Crippen LogP contribution in [0, 0.1) is 11.3 Å². The number of amides is 1. The lowest BCUT2D eigenvalue weighted by Gasteiger charge is -2.40. The molecule has 1 saturated carbocycles. The molecule has 1 amide bonds. The third-order valence-electron chi connectivity index (χ3n) is 8.77. The van der Waals surface area contributed by atoms with Crippen LogP contribution in [0.2, 0.25) is 0 Å². The Morgan fingerprint density at radius 3 is 2.49 bits per heavy atom. The molecule has 210 valence electrons. The first-order chi connectivity index (χ1) is 18.0. The van der Waals surface area contributed by atoms with E-state index in [9.17, 15) is 4.79 Å². The molecule has 1 aliphatic carbocycles. The van der Waals surface area contributed by atoms with Crippen molar-refractivity contribution in [2.24, 2.45) is 11.3 Å². The van der Waals surface area contributed by atoms with E-state index >= 15 is 0 Å². The highest BCUT2D eigenvalue weighted by Crippen LogP contribution is 2.45. The van der Waals surface area contributed by atoms with Crippen LogP contribution in [-0.2, 0) is 38.6 Å². The molecule has 0 unspecified atom stereocenters. The van der Waals surface area contributed by atoms with Crippen molar-refractivity contribution in [3.8, 4) is 0 Å². The SMILES string of the molecule is CNCCN(C)Cc1nn2c(c1C1CCC(COC)(COC)CC1)CN(C(=O)CC1CCOCC1)CC2. The Bertz CT molecular complexity index is 853. The summed E-state index contributed by atoms with van der Waals surface area (Å²) in [6.45, 7) is 8.04. The standard InChI is InChI=1S/C28H49N5O4/c1-29-11-12-31(2)18-24-27(23-5-9-28(10-6-23,20-35-3)21-36-4)25-19-32(13-14-33(25)30-24)26(34)17-22-7-15-37-16-8-22/h22-23,29H,5-21H2,1-4H3. The number of ether oxygens (including phenoxy) is 3. The predicted molar refractivity (Wildman–Crippen MR) is 143 cm³/mol. The summed E-state index contributed by atoms with van der Waals surface area (Å²) in [6, 6.07) is 0. The second-order valence-electron chi connectivity index (χ2n) is 11.6. The number of rotatable bonds is 12. The summed E-state index contributed by atoms with van der Waals surface area (Å²) in [6.07, 6.45) is 7.03. The maximum Gasteiger partial charge on any atom is 0.223 e. The minimum absolute atomic E-state index is 0.0999. The first-order valence-corrected chi connectivity index (χ1v) is 14.2. The van der Waals surface area contributed by atoms with Crippen molar-refractivity contribution in [3.63, 3.8) is 0 Å². The van der Waals surface area contributed by atoms with Gasteiger partial charge in [-0.2, -0.15) is 5.10 Å². The summed E-state index contributed by atoms with van der Waals surface area (Å²) >= 11 is 0. The van der Waals surface area contributed by atoms with Crippen molar-refractivity contribution >= 4 is 5.91 Å². The number of fused-ring (bicyclic) bond motifs is 1. The van der Waals surface area contributed by atoms with Crippen LogP contribution < -0.4 is 5.32 Å². The third-order valence-corrected chi connectivity index (χ3v) is 8.77. The van der Waals surface area contributed by atoms with E-state index in [1.807, 2.05) is 7.05 Å². The molecule has 4 rings (SSSR count). The van der Waals surface area contributed by atoms with Crippen LogP contribution in [0.1, 0.15) is 67.8 Å². The molecule has 0 radical (unpaired) electrons. The minimum atomic E-state index is 0.0999. The van der Waals surface area contributed by atoms with Crippen LogP contribution >= 0.6 is 0 Å². The second-order valence-corrected chi connectivity index (χ2v) is 11.6. The van der Waals surface area contributed by atoms with Crippen LogP contribution in [0.25, 0.3) is 0 Å². The topological polar surface area (TPSA) is 81.1 Å². The highest BCUT2D eigenvalue weighted by atomic mass is 16.5. The third kappa shape index (κ3) is 7.12. The van der Waals surface area contributed by atoms with Gasteiger partial charge in [0.15, 0.2) is 0 Å². The summed E-state index contributed by atoms with van der Waals surface area (Å²) in [5.74, 6) is 1.21. The van der Waals surface area contributed by atoms with Gasteiger partial charge in [0.1, 0.15) is 0 Å². The molecule has 0 atom stereocenters. The normalized spacial score (nSPS) is 20.9. The van der Waals surface area contributed by atoms with E-state index < -0.39 is 0 Å².